The third-order valence-corrected chi connectivity index (χ3v) is 1.35. The maximum absolute atomic E-state index is 11.0. The van der Waals surface area contributed by atoms with Crippen molar-refractivity contribution in [3.63, 3.8) is 0 Å². The second-order valence-corrected chi connectivity index (χ2v) is 2.57. The molecule has 0 saturated carbocycles. The predicted octanol–water partition coefficient (Wildman–Crippen LogP) is 0.749. The van der Waals surface area contributed by atoms with Crippen LogP contribution in [0.25, 0.3) is 0 Å². The summed E-state index contributed by atoms with van der Waals surface area (Å²) in [5, 5.41) is 11.0. The van der Waals surface area contributed by atoms with E-state index in [2.05, 4.69) is 4.74 Å². The molecule has 0 spiro atoms. The van der Waals surface area contributed by atoms with Gasteiger partial charge in [-0.05, 0) is 12.5 Å². The molecule has 0 aromatic rings. The summed E-state index contributed by atoms with van der Waals surface area (Å²) in [6.07, 6.45) is 2.38. The number of hydrogen-bond acceptors (Lipinski definition) is 2. The lowest BCUT2D eigenvalue weighted by molar-refractivity contribution is 0.187. The zero-order valence-corrected chi connectivity index (χ0v) is 7.70. The fraction of sp³-hybridized carbons (Fsp3) is 0.625. The van der Waals surface area contributed by atoms with Crippen molar-refractivity contribution in [3.8, 4) is 0 Å². The van der Waals surface area contributed by atoms with E-state index in [1.54, 1.807) is 14.1 Å². The Hall–Kier alpha value is -1.19. The van der Waals surface area contributed by atoms with Gasteiger partial charge in [0.15, 0.2) is 7.11 Å². The quantitative estimate of drug-likeness (QED) is 0.358. The first-order valence-electron chi connectivity index (χ1n) is 3.71. The maximum Gasteiger partial charge on any atom is 0.482 e. The van der Waals surface area contributed by atoms with Gasteiger partial charge in [0.05, 0.1) is 0 Å². The highest BCUT2D eigenvalue weighted by molar-refractivity contribution is 5.70. The van der Waals surface area contributed by atoms with E-state index < -0.39 is 0 Å². The molecule has 0 saturated heterocycles. The Labute approximate surface area is 72.4 Å². The molecule has 0 aliphatic heterocycles. The molecule has 1 N–H and O–H groups in total. The van der Waals surface area contributed by atoms with Crippen molar-refractivity contribution in [1.82, 2.24) is 4.90 Å². The first-order valence-corrected chi connectivity index (χ1v) is 3.71. The Morgan fingerprint density at radius 2 is 2.17 bits per heavy atom. The van der Waals surface area contributed by atoms with Crippen LogP contribution in [0.1, 0.15) is 12.8 Å². The lowest BCUT2D eigenvalue weighted by atomic mass is 10.3. The topological polar surface area (TPSA) is 53.8 Å². The third kappa shape index (κ3) is 4.60. The summed E-state index contributed by atoms with van der Waals surface area (Å²) in [6.45, 7) is 0. The molecule has 4 heteroatoms. The number of ether oxygens (including phenoxy) is 1. The minimum absolute atomic E-state index is 0.0437. The second-order valence-electron chi connectivity index (χ2n) is 2.57. The van der Waals surface area contributed by atoms with Gasteiger partial charge >= 0.3 is 5.97 Å². The average Bonchev–Trinajstić information content (AvgIpc) is 2.03. The Morgan fingerprint density at radius 1 is 1.58 bits per heavy atom. The van der Waals surface area contributed by atoms with Crippen LogP contribution in [-0.2, 0) is 9.84 Å². The third-order valence-electron chi connectivity index (χ3n) is 1.35. The largest absolute Gasteiger partial charge is 0.482 e. The van der Waals surface area contributed by atoms with Crippen molar-refractivity contribution >= 4 is 5.97 Å². The van der Waals surface area contributed by atoms with Crippen LogP contribution in [0, 0.1) is 0 Å². The van der Waals surface area contributed by atoms with E-state index >= 15 is 0 Å². The average molecular weight is 173 g/mol. The van der Waals surface area contributed by atoms with Crippen LogP contribution in [0.15, 0.2) is 12.0 Å². The summed E-state index contributed by atoms with van der Waals surface area (Å²) in [6, 6.07) is 0. The fourth-order valence-corrected chi connectivity index (χ4v) is 0.604. The molecule has 0 aromatic heterocycles. The predicted molar refractivity (Wildman–Crippen MR) is 45.6 cm³/mol. The summed E-state index contributed by atoms with van der Waals surface area (Å²) in [5.41, 5.74) is 0. The minimum atomic E-state index is -0.0566. The summed E-state index contributed by atoms with van der Waals surface area (Å²) in [5.74, 6) is -0.100. The molecule has 0 heterocycles. The zero-order valence-electron chi connectivity index (χ0n) is 7.70. The SMILES string of the molecule is COC(=[OH+])CCC=C([O])N(C)C. The highest BCUT2D eigenvalue weighted by Crippen LogP contribution is 1.99. The first-order chi connectivity index (χ1) is 5.57. The monoisotopic (exact) mass is 173 g/mol. The van der Waals surface area contributed by atoms with E-state index in [9.17, 15) is 5.11 Å². The smallest absolute Gasteiger partial charge is 0.346 e. The number of carbonyl (C=O) groups excluding carboxylic acids is 1. The summed E-state index contributed by atoms with van der Waals surface area (Å²) >= 11 is 0. The van der Waals surface area contributed by atoms with E-state index in [4.69, 9.17) is 4.79 Å². The van der Waals surface area contributed by atoms with Crippen molar-refractivity contribution in [1.29, 1.82) is 0 Å². The molecule has 0 aliphatic rings. The van der Waals surface area contributed by atoms with Crippen LogP contribution in [0.2, 0.25) is 0 Å². The number of methoxy groups -OCH3 is 1. The Bertz CT molecular complexity index is 175. The Balaban J connectivity index is 3.67. The Morgan fingerprint density at radius 3 is 2.58 bits per heavy atom. The second kappa shape index (κ2) is 5.46. The van der Waals surface area contributed by atoms with Gasteiger partial charge in [-0.15, -0.1) is 0 Å². The van der Waals surface area contributed by atoms with E-state index in [-0.39, 0.29) is 11.9 Å². The lowest BCUT2D eigenvalue weighted by Gasteiger charge is -2.05. The van der Waals surface area contributed by atoms with E-state index in [1.807, 2.05) is 0 Å². The molecule has 0 atom stereocenters. The summed E-state index contributed by atoms with van der Waals surface area (Å²) in [4.78, 5) is 10.3. The van der Waals surface area contributed by atoms with E-state index in [0.29, 0.717) is 12.8 Å². The van der Waals surface area contributed by atoms with Crippen LogP contribution in [0.5, 0.6) is 0 Å². The number of allylic oxidation sites excluding steroid dienone is 1. The molecule has 1 radical (unpaired) electrons. The van der Waals surface area contributed by atoms with Crippen LogP contribution < -0.4 is 0 Å². The zero-order chi connectivity index (χ0) is 9.56. The van der Waals surface area contributed by atoms with Gasteiger partial charge in [-0.1, -0.05) is 0 Å². The van der Waals surface area contributed by atoms with Crippen LogP contribution in [0.3, 0.4) is 0 Å². The van der Waals surface area contributed by atoms with Crippen molar-refractivity contribution in [2.75, 3.05) is 21.2 Å². The van der Waals surface area contributed by atoms with Crippen LogP contribution in [0.4, 0.5) is 0 Å². The van der Waals surface area contributed by atoms with Crippen molar-refractivity contribution in [3.05, 3.63) is 12.0 Å². The molecule has 69 valence electrons. The van der Waals surface area contributed by atoms with Gasteiger partial charge in [0.1, 0.15) is 6.42 Å². The first kappa shape index (κ1) is 10.8. The standard InChI is InChI=1S/C8H14NO3/c1-9(2)7(10)5-4-6-8(11)12-3/h5H,4,6H2,1-3H3/p+1. The van der Waals surface area contributed by atoms with E-state index in [0.717, 1.165) is 0 Å². The molecular formula is C8H15NO3+. The van der Waals surface area contributed by atoms with Crippen molar-refractivity contribution in [2.45, 2.75) is 12.8 Å². The lowest BCUT2D eigenvalue weighted by Crippen LogP contribution is -2.09. The maximum atomic E-state index is 11.0. The number of nitrogens with zero attached hydrogens (tertiary/aromatic N) is 1. The number of esters is 1. The molecule has 0 rings (SSSR count). The van der Waals surface area contributed by atoms with Gasteiger partial charge in [0, 0.05) is 14.1 Å². The van der Waals surface area contributed by atoms with Gasteiger partial charge in [-0.2, -0.15) is 0 Å². The summed E-state index contributed by atoms with van der Waals surface area (Å²) < 4.78 is 4.52. The van der Waals surface area contributed by atoms with Gasteiger partial charge < -0.3 is 14.4 Å². The highest BCUT2D eigenvalue weighted by atomic mass is 16.5. The van der Waals surface area contributed by atoms with Crippen LogP contribution in [-0.4, -0.2) is 36.9 Å². The number of rotatable bonds is 4. The van der Waals surface area contributed by atoms with Gasteiger partial charge in [-0.25, -0.2) is 0 Å². The summed E-state index contributed by atoms with van der Waals surface area (Å²) in [7, 11) is 4.75. The van der Waals surface area contributed by atoms with E-state index in [1.165, 1.54) is 18.1 Å². The van der Waals surface area contributed by atoms with Gasteiger partial charge in [-0.3, -0.25) is 5.11 Å². The highest BCUT2D eigenvalue weighted by Gasteiger charge is 2.07. The molecule has 0 unspecified atom stereocenters. The molecule has 0 bridgehead atoms. The molecule has 0 aromatic carbocycles. The normalized spacial score (nSPS) is 11.1. The molecule has 12 heavy (non-hydrogen) atoms. The molecule has 0 aliphatic carbocycles. The Kier molecular flexibility index (Phi) is 4.92. The minimum Gasteiger partial charge on any atom is -0.346 e. The van der Waals surface area contributed by atoms with Gasteiger partial charge in [0.25, 0.3) is 0 Å². The van der Waals surface area contributed by atoms with Crippen molar-refractivity contribution in [2.24, 2.45) is 0 Å². The molecule has 0 fully saturated rings. The van der Waals surface area contributed by atoms with Crippen LogP contribution >= 0.6 is 0 Å². The van der Waals surface area contributed by atoms with Gasteiger partial charge in [0.2, 0.25) is 5.88 Å². The number of hydrogen-bond donors (Lipinski definition) is 0. The molecular weight excluding hydrogens is 158 g/mol. The molecule has 4 nitrogen and oxygen atoms in total. The van der Waals surface area contributed by atoms with Crippen molar-refractivity contribution < 1.29 is 14.6 Å². The fourth-order valence-electron chi connectivity index (χ4n) is 0.604. The molecule has 0 amide bonds.